The number of methoxy groups -OCH3 is 1. The molecule has 9 nitrogen and oxygen atoms in total. The molecular formula is C23H29ClN8O. The maximum Gasteiger partial charge on any atom is 0.158 e. The number of nitriles is 1. The fourth-order valence-corrected chi connectivity index (χ4v) is 3.92. The average molecular weight is 469 g/mol. The van der Waals surface area contributed by atoms with Crippen LogP contribution < -0.4 is 15.0 Å². The molecule has 3 aromatic rings. The second kappa shape index (κ2) is 11.0. The Kier molecular flexibility index (Phi) is 8.09. The van der Waals surface area contributed by atoms with Gasteiger partial charge in [-0.2, -0.15) is 10.4 Å². The number of H-pyrrole nitrogens is 1. The first kappa shape index (κ1) is 24.3. The van der Waals surface area contributed by atoms with Crippen LogP contribution in [0.2, 0.25) is 0 Å². The minimum atomic E-state index is 0. The fraction of sp³-hybridized carbons (Fsp3) is 0.391. The maximum absolute atomic E-state index is 8.84. The van der Waals surface area contributed by atoms with E-state index in [-0.39, 0.29) is 18.1 Å². The van der Waals surface area contributed by atoms with Crippen LogP contribution in [0.4, 0.5) is 17.3 Å². The SMILES string of the molecule is COc1cc(N2CCCN(C(C)C)CC2)ccc1-c1cc(Nc2cnc(C#N)cn2)n[nH]1.Cl. The molecule has 1 aliphatic rings. The number of hydrogen-bond acceptors (Lipinski definition) is 8. The maximum atomic E-state index is 8.84. The Morgan fingerprint density at radius 2 is 1.94 bits per heavy atom. The molecule has 4 rings (SSSR count). The first-order chi connectivity index (χ1) is 15.6. The zero-order chi connectivity index (χ0) is 22.5. The van der Waals surface area contributed by atoms with Crippen LogP contribution in [0.3, 0.4) is 0 Å². The lowest BCUT2D eigenvalue weighted by molar-refractivity contribution is 0.238. The lowest BCUT2D eigenvalue weighted by Gasteiger charge is -2.26. The molecule has 0 bridgehead atoms. The van der Waals surface area contributed by atoms with E-state index in [2.05, 4.69) is 67.3 Å². The number of rotatable bonds is 6. The number of nitrogens with zero attached hydrogens (tertiary/aromatic N) is 6. The van der Waals surface area contributed by atoms with Crippen molar-refractivity contribution in [2.24, 2.45) is 0 Å². The van der Waals surface area contributed by atoms with E-state index in [1.165, 1.54) is 18.1 Å². The predicted octanol–water partition coefficient (Wildman–Crippen LogP) is 3.83. The average Bonchev–Trinajstić information content (AvgIpc) is 3.12. The molecule has 3 heterocycles. The van der Waals surface area contributed by atoms with Gasteiger partial charge in [0.25, 0.3) is 0 Å². The molecule has 33 heavy (non-hydrogen) atoms. The Morgan fingerprint density at radius 3 is 2.64 bits per heavy atom. The van der Waals surface area contributed by atoms with Crippen LogP contribution >= 0.6 is 12.4 Å². The van der Waals surface area contributed by atoms with Crippen LogP contribution in [-0.2, 0) is 0 Å². The zero-order valence-corrected chi connectivity index (χ0v) is 19.9. The molecule has 2 aromatic heterocycles. The molecule has 2 N–H and O–H groups in total. The van der Waals surface area contributed by atoms with Crippen LogP contribution in [0.15, 0.2) is 36.7 Å². The highest BCUT2D eigenvalue weighted by atomic mass is 35.5. The van der Waals surface area contributed by atoms with Gasteiger partial charge in [0.1, 0.15) is 17.6 Å². The van der Waals surface area contributed by atoms with Gasteiger partial charge in [0.05, 0.1) is 25.2 Å². The van der Waals surface area contributed by atoms with Crippen molar-refractivity contribution in [3.8, 4) is 23.1 Å². The molecular weight excluding hydrogens is 440 g/mol. The topological polar surface area (TPSA) is 106 Å². The molecule has 0 atom stereocenters. The molecule has 0 unspecified atom stereocenters. The van der Waals surface area contributed by atoms with Gasteiger partial charge in [-0.1, -0.05) is 0 Å². The van der Waals surface area contributed by atoms with E-state index < -0.39 is 0 Å². The lowest BCUT2D eigenvalue weighted by atomic mass is 10.1. The van der Waals surface area contributed by atoms with Gasteiger partial charge in [-0.05, 0) is 32.4 Å². The molecule has 0 aliphatic carbocycles. The van der Waals surface area contributed by atoms with Crippen molar-refractivity contribution in [1.82, 2.24) is 25.1 Å². The van der Waals surface area contributed by atoms with E-state index >= 15 is 0 Å². The largest absolute Gasteiger partial charge is 0.496 e. The number of aromatic nitrogens is 4. The molecule has 0 amide bonds. The van der Waals surface area contributed by atoms with Crippen molar-refractivity contribution in [1.29, 1.82) is 5.26 Å². The molecule has 1 fully saturated rings. The summed E-state index contributed by atoms with van der Waals surface area (Å²) < 4.78 is 5.72. The van der Waals surface area contributed by atoms with E-state index in [9.17, 15) is 0 Å². The summed E-state index contributed by atoms with van der Waals surface area (Å²) in [5, 5.41) is 19.3. The van der Waals surface area contributed by atoms with Crippen molar-refractivity contribution in [2.45, 2.75) is 26.3 Å². The van der Waals surface area contributed by atoms with Crippen LogP contribution in [0.5, 0.6) is 5.75 Å². The highest BCUT2D eigenvalue weighted by Crippen LogP contribution is 2.34. The van der Waals surface area contributed by atoms with Crippen molar-refractivity contribution in [3.05, 3.63) is 42.4 Å². The van der Waals surface area contributed by atoms with E-state index in [1.807, 2.05) is 12.1 Å². The van der Waals surface area contributed by atoms with Gasteiger partial charge in [0.15, 0.2) is 11.5 Å². The quantitative estimate of drug-likeness (QED) is 0.562. The summed E-state index contributed by atoms with van der Waals surface area (Å²) in [7, 11) is 1.69. The van der Waals surface area contributed by atoms with Gasteiger partial charge < -0.3 is 15.0 Å². The summed E-state index contributed by atoms with van der Waals surface area (Å²) >= 11 is 0. The minimum absolute atomic E-state index is 0. The van der Waals surface area contributed by atoms with Gasteiger partial charge in [-0.25, -0.2) is 9.97 Å². The zero-order valence-electron chi connectivity index (χ0n) is 19.1. The Hall–Kier alpha value is -3.35. The molecule has 0 radical (unpaired) electrons. The Balaban J connectivity index is 0.00000306. The number of benzene rings is 1. The summed E-state index contributed by atoms with van der Waals surface area (Å²) in [6.07, 6.45) is 4.07. The third kappa shape index (κ3) is 5.72. The standard InChI is InChI=1S/C23H28N8O.ClH/c1-16(2)30-7-4-8-31(10-9-30)18-5-6-19(21(11-18)32-3)20-12-22(29-28-20)27-23-15-25-17(13-24)14-26-23;/h5-6,11-12,14-16H,4,7-10H2,1-3H3,(H2,26,27,28,29);1H. The minimum Gasteiger partial charge on any atom is -0.496 e. The second-order valence-corrected chi connectivity index (χ2v) is 8.05. The Bertz CT molecular complexity index is 1090. The smallest absolute Gasteiger partial charge is 0.158 e. The molecule has 1 aliphatic heterocycles. The number of ether oxygens (including phenoxy) is 1. The van der Waals surface area contributed by atoms with Gasteiger partial charge in [-0.3, -0.25) is 10.00 Å². The lowest BCUT2D eigenvalue weighted by Crippen LogP contribution is -2.35. The first-order valence-corrected chi connectivity index (χ1v) is 10.8. The third-order valence-corrected chi connectivity index (χ3v) is 5.70. The second-order valence-electron chi connectivity index (χ2n) is 8.05. The van der Waals surface area contributed by atoms with Crippen molar-refractivity contribution in [2.75, 3.05) is 43.5 Å². The number of aromatic amines is 1. The van der Waals surface area contributed by atoms with E-state index in [4.69, 9.17) is 10.00 Å². The van der Waals surface area contributed by atoms with Crippen LogP contribution in [0.1, 0.15) is 26.0 Å². The number of hydrogen-bond donors (Lipinski definition) is 2. The molecule has 0 spiro atoms. The number of anilines is 3. The van der Waals surface area contributed by atoms with Crippen LogP contribution in [-0.4, -0.2) is 64.4 Å². The highest BCUT2D eigenvalue weighted by molar-refractivity contribution is 5.85. The van der Waals surface area contributed by atoms with E-state index in [0.717, 1.165) is 49.6 Å². The first-order valence-electron chi connectivity index (χ1n) is 10.8. The van der Waals surface area contributed by atoms with E-state index in [0.29, 0.717) is 17.7 Å². The third-order valence-electron chi connectivity index (χ3n) is 5.70. The number of halogens is 1. The van der Waals surface area contributed by atoms with Gasteiger partial charge in [0.2, 0.25) is 0 Å². The molecule has 1 aromatic carbocycles. The summed E-state index contributed by atoms with van der Waals surface area (Å²) in [6, 6.07) is 10.7. The van der Waals surface area contributed by atoms with E-state index in [1.54, 1.807) is 7.11 Å². The van der Waals surface area contributed by atoms with Crippen LogP contribution in [0.25, 0.3) is 11.3 Å². The molecule has 174 valence electrons. The summed E-state index contributed by atoms with van der Waals surface area (Å²) in [6.45, 7) is 8.76. The summed E-state index contributed by atoms with van der Waals surface area (Å²) in [5.41, 5.74) is 3.20. The van der Waals surface area contributed by atoms with Crippen molar-refractivity contribution >= 4 is 29.7 Å². The Morgan fingerprint density at radius 1 is 1.09 bits per heavy atom. The summed E-state index contributed by atoms with van der Waals surface area (Å²) in [5.74, 6) is 1.91. The molecule has 0 saturated carbocycles. The number of nitrogens with one attached hydrogen (secondary N) is 2. The highest BCUT2D eigenvalue weighted by Gasteiger charge is 2.19. The van der Waals surface area contributed by atoms with Gasteiger partial charge in [0, 0.05) is 55.6 Å². The van der Waals surface area contributed by atoms with Gasteiger partial charge in [-0.15, -0.1) is 12.4 Å². The predicted molar refractivity (Wildman–Crippen MR) is 131 cm³/mol. The fourth-order valence-electron chi connectivity index (χ4n) is 3.92. The normalized spacial score (nSPS) is 14.3. The molecule has 1 saturated heterocycles. The monoisotopic (exact) mass is 468 g/mol. The van der Waals surface area contributed by atoms with Crippen molar-refractivity contribution in [3.63, 3.8) is 0 Å². The van der Waals surface area contributed by atoms with Crippen molar-refractivity contribution < 1.29 is 4.74 Å². The summed E-state index contributed by atoms with van der Waals surface area (Å²) in [4.78, 5) is 13.1. The molecule has 10 heteroatoms. The Labute approximate surface area is 200 Å². The van der Waals surface area contributed by atoms with Gasteiger partial charge >= 0.3 is 0 Å². The van der Waals surface area contributed by atoms with Crippen LogP contribution in [0, 0.1) is 11.3 Å².